The molecule has 5 heteroatoms. The number of carbonyl (C=O) groups is 1. The standard InChI is InChI=1S/C13H20O5/c1-9(2)8-13(3,16)11-5-4-10(18-11)12(15)17-7-6-14/h4-5,9,14,16H,6-8H2,1-3H3. The molecule has 1 heterocycles. The lowest BCUT2D eigenvalue weighted by atomic mass is 9.92. The van der Waals surface area contributed by atoms with Crippen molar-refractivity contribution < 1.29 is 24.2 Å². The molecule has 0 aliphatic carbocycles. The van der Waals surface area contributed by atoms with E-state index in [-0.39, 0.29) is 19.0 Å². The highest BCUT2D eigenvalue weighted by molar-refractivity contribution is 5.86. The molecule has 1 aromatic rings. The fourth-order valence-electron chi connectivity index (χ4n) is 1.84. The van der Waals surface area contributed by atoms with E-state index in [1.54, 1.807) is 13.0 Å². The molecular weight excluding hydrogens is 236 g/mol. The van der Waals surface area contributed by atoms with Gasteiger partial charge in [0.25, 0.3) is 0 Å². The number of furan rings is 1. The molecule has 1 aromatic heterocycles. The van der Waals surface area contributed by atoms with Gasteiger partial charge in [-0.3, -0.25) is 0 Å². The molecule has 0 spiro atoms. The molecule has 0 aliphatic rings. The molecule has 0 saturated heterocycles. The molecule has 5 nitrogen and oxygen atoms in total. The normalized spacial score (nSPS) is 14.6. The topological polar surface area (TPSA) is 79.9 Å². The lowest BCUT2D eigenvalue weighted by molar-refractivity contribution is 0.0105. The third kappa shape index (κ3) is 3.85. The molecule has 1 rings (SSSR count). The van der Waals surface area contributed by atoms with Crippen LogP contribution in [0.1, 0.15) is 43.5 Å². The molecular formula is C13H20O5. The van der Waals surface area contributed by atoms with Gasteiger partial charge in [-0.2, -0.15) is 0 Å². The van der Waals surface area contributed by atoms with Crippen molar-refractivity contribution in [2.75, 3.05) is 13.2 Å². The summed E-state index contributed by atoms with van der Waals surface area (Å²) < 4.78 is 10.0. The summed E-state index contributed by atoms with van der Waals surface area (Å²) >= 11 is 0. The minimum atomic E-state index is -1.11. The van der Waals surface area contributed by atoms with Gasteiger partial charge in [0.1, 0.15) is 18.0 Å². The highest BCUT2D eigenvalue weighted by Crippen LogP contribution is 2.29. The summed E-state index contributed by atoms with van der Waals surface area (Å²) in [5.74, 6) is 0.0279. The van der Waals surface area contributed by atoms with E-state index < -0.39 is 11.6 Å². The number of ether oxygens (including phenoxy) is 1. The van der Waals surface area contributed by atoms with E-state index in [2.05, 4.69) is 0 Å². The van der Waals surface area contributed by atoms with E-state index in [0.29, 0.717) is 18.1 Å². The summed E-state index contributed by atoms with van der Waals surface area (Å²) in [5.41, 5.74) is -1.11. The van der Waals surface area contributed by atoms with Gasteiger partial charge in [0.2, 0.25) is 5.76 Å². The molecule has 1 atom stereocenters. The summed E-state index contributed by atoms with van der Waals surface area (Å²) in [4.78, 5) is 11.5. The van der Waals surface area contributed by atoms with Gasteiger partial charge in [0.15, 0.2) is 0 Å². The zero-order valence-corrected chi connectivity index (χ0v) is 11.0. The van der Waals surface area contributed by atoms with E-state index in [0.717, 1.165) is 0 Å². The van der Waals surface area contributed by atoms with Crippen molar-refractivity contribution in [3.05, 3.63) is 23.7 Å². The number of hydrogen-bond acceptors (Lipinski definition) is 5. The van der Waals surface area contributed by atoms with Gasteiger partial charge in [-0.25, -0.2) is 4.79 Å². The van der Waals surface area contributed by atoms with Crippen molar-refractivity contribution in [2.45, 2.75) is 32.8 Å². The Kier molecular flexibility index (Phi) is 4.93. The predicted molar refractivity (Wildman–Crippen MR) is 65.1 cm³/mol. The Balaban J connectivity index is 2.76. The zero-order chi connectivity index (χ0) is 13.8. The molecule has 1 unspecified atom stereocenters. The first kappa shape index (κ1) is 14.7. The van der Waals surface area contributed by atoms with Crippen molar-refractivity contribution in [1.82, 2.24) is 0 Å². The average Bonchev–Trinajstić information content (AvgIpc) is 2.74. The van der Waals surface area contributed by atoms with Crippen LogP contribution < -0.4 is 0 Å². The van der Waals surface area contributed by atoms with Crippen LogP contribution in [0.5, 0.6) is 0 Å². The predicted octanol–water partition coefficient (Wildman–Crippen LogP) is 1.68. The molecule has 0 saturated carbocycles. The second-order valence-electron chi connectivity index (χ2n) is 4.90. The Morgan fingerprint density at radius 2 is 2.17 bits per heavy atom. The van der Waals surface area contributed by atoms with Gasteiger partial charge in [-0.05, 0) is 31.4 Å². The first-order valence-corrected chi connectivity index (χ1v) is 5.97. The zero-order valence-electron chi connectivity index (χ0n) is 11.0. The second-order valence-corrected chi connectivity index (χ2v) is 4.90. The summed E-state index contributed by atoms with van der Waals surface area (Å²) in [6.45, 7) is 5.33. The Morgan fingerprint density at radius 3 is 2.72 bits per heavy atom. The quantitative estimate of drug-likeness (QED) is 0.757. The van der Waals surface area contributed by atoms with E-state index in [1.807, 2.05) is 13.8 Å². The van der Waals surface area contributed by atoms with Crippen LogP contribution in [0.25, 0.3) is 0 Å². The first-order valence-electron chi connectivity index (χ1n) is 5.97. The van der Waals surface area contributed by atoms with Crippen molar-refractivity contribution in [1.29, 1.82) is 0 Å². The maximum Gasteiger partial charge on any atom is 0.374 e. The fourth-order valence-corrected chi connectivity index (χ4v) is 1.84. The average molecular weight is 256 g/mol. The van der Waals surface area contributed by atoms with Crippen LogP contribution in [0.3, 0.4) is 0 Å². The third-order valence-corrected chi connectivity index (χ3v) is 2.47. The van der Waals surface area contributed by atoms with Crippen molar-refractivity contribution in [2.24, 2.45) is 5.92 Å². The molecule has 102 valence electrons. The van der Waals surface area contributed by atoms with Crippen LogP contribution in [0.2, 0.25) is 0 Å². The highest BCUT2D eigenvalue weighted by Gasteiger charge is 2.29. The molecule has 0 radical (unpaired) electrons. The van der Waals surface area contributed by atoms with Crippen molar-refractivity contribution in [3.8, 4) is 0 Å². The van der Waals surface area contributed by atoms with Gasteiger partial charge < -0.3 is 19.4 Å². The number of esters is 1. The smallest absolute Gasteiger partial charge is 0.374 e. The van der Waals surface area contributed by atoms with Crippen LogP contribution in [0.4, 0.5) is 0 Å². The number of rotatable bonds is 6. The third-order valence-electron chi connectivity index (χ3n) is 2.47. The van der Waals surface area contributed by atoms with Gasteiger partial charge in [0, 0.05) is 0 Å². The number of aliphatic hydroxyl groups excluding tert-OH is 1. The number of aliphatic hydroxyl groups is 2. The van der Waals surface area contributed by atoms with Crippen molar-refractivity contribution in [3.63, 3.8) is 0 Å². The van der Waals surface area contributed by atoms with Crippen LogP contribution >= 0.6 is 0 Å². The minimum absolute atomic E-state index is 0.0301. The maximum atomic E-state index is 11.5. The summed E-state index contributed by atoms with van der Waals surface area (Å²) in [6.07, 6.45) is 0.533. The molecule has 2 N–H and O–H groups in total. The van der Waals surface area contributed by atoms with E-state index in [1.165, 1.54) is 6.07 Å². The Morgan fingerprint density at radius 1 is 1.50 bits per heavy atom. The monoisotopic (exact) mass is 256 g/mol. The Labute approximate surface area is 106 Å². The maximum absolute atomic E-state index is 11.5. The Bertz CT molecular complexity index is 392. The van der Waals surface area contributed by atoms with Gasteiger partial charge in [-0.15, -0.1) is 0 Å². The molecule has 18 heavy (non-hydrogen) atoms. The van der Waals surface area contributed by atoms with Gasteiger partial charge in [0.05, 0.1) is 6.61 Å². The van der Waals surface area contributed by atoms with E-state index in [9.17, 15) is 9.90 Å². The van der Waals surface area contributed by atoms with Crippen LogP contribution in [0.15, 0.2) is 16.5 Å². The lowest BCUT2D eigenvalue weighted by Crippen LogP contribution is -2.22. The highest BCUT2D eigenvalue weighted by atomic mass is 16.6. The first-order chi connectivity index (χ1) is 8.36. The van der Waals surface area contributed by atoms with Gasteiger partial charge >= 0.3 is 5.97 Å². The summed E-state index contributed by atoms with van der Waals surface area (Å²) in [7, 11) is 0. The molecule has 0 bridgehead atoms. The minimum Gasteiger partial charge on any atom is -0.457 e. The molecule has 0 amide bonds. The van der Waals surface area contributed by atoms with Crippen molar-refractivity contribution >= 4 is 5.97 Å². The van der Waals surface area contributed by atoms with Gasteiger partial charge in [-0.1, -0.05) is 13.8 Å². The summed E-state index contributed by atoms with van der Waals surface area (Å²) in [5, 5.41) is 18.8. The number of carbonyl (C=O) groups excluding carboxylic acids is 1. The van der Waals surface area contributed by atoms with Crippen LogP contribution in [-0.4, -0.2) is 29.4 Å². The molecule has 0 aliphatic heterocycles. The fraction of sp³-hybridized carbons (Fsp3) is 0.615. The summed E-state index contributed by atoms with van der Waals surface area (Å²) in [6, 6.07) is 3.03. The van der Waals surface area contributed by atoms with E-state index >= 15 is 0 Å². The molecule has 0 aromatic carbocycles. The SMILES string of the molecule is CC(C)CC(C)(O)c1ccc(C(=O)OCCO)o1. The Hall–Kier alpha value is -1.33. The second kappa shape index (κ2) is 6.02. The lowest BCUT2D eigenvalue weighted by Gasteiger charge is -2.22. The number of hydrogen-bond donors (Lipinski definition) is 2. The largest absolute Gasteiger partial charge is 0.457 e. The van der Waals surface area contributed by atoms with Crippen LogP contribution in [0, 0.1) is 5.92 Å². The van der Waals surface area contributed by atoms with Crippen LogP contribution in [-0.2, 0) is 10.3 Å². The molecule has 0 fully saturated rings. The van der Waals surface area contributed by atoms with E-state index in [4.69, 9.17) is 14.3 Å².